The van der Waals surface area contributed by atoms with Crippen LogP contribution in [0.25, 0.3) is 10.9 Å². The summed E-state index contributed by atoms with van der Waals surface area (Å²) in [6, 6.07) is 12.0. The minimum absolute atomic E-state index is 0.631. The topological polar surface area (TPSA) is 53.9 Å². The Hall–Kier alpha value is -2.69. The summed E-state index contributed by atoms with van der Waals surface area (Å²) in [5, 5.41) is 4.39. The van der Waals surface area contributed by atoms with Crippen molar-refractivity contribution in [2.75, 3.05) is 23.3 Å². The summed E-state index contributed by atoms with van der Waals surface area (Å²) in [4.78, 5) is 15.8. The molecule has 1 N–H and O–H groups in total. The number of hydrogen-bond acceptors (Lipinski definition) is 5. The predicted octanol–water partition coefficient (Wildman–Crippen LogP) is 3.37. The maximum atomic E-state index is 4.76. The zero-order valence-corrected chi connectivity index (χ0v) is 12.2. The first-order chi connectivity index (χ1) is 10.9. The summed E-state index contributed by atoms with van der Waals surface area (Å²) < 4.78 is 0. The van der Waals surface area contributed by atoms with Crippen LogP contribution in [-0.2, 0) is 0 Å². The van der Waals surface area contributed by atoms with Crippen LogP contribution in [-0.4, -0.2) is 28.0 Å². The smallest absolute Gasteiger partial charge is 0.229 e. The molecule has 0 atom stereocenters. The predicted molar refractivity (Wildman–Crippen MR) is 88.5 cm³/mol. The molecule has 110 valence electrons. The number of anilines is 3. The van der Waals surface area contributed by atoms with Gasteiger partial charge in [0.1, 0.15) is 5.82 Å². The molecule has 5 heteroatoms. The average Bonchev–Trinajstić information content (AvgIpc) is 3.09. The van der Waals surface area contributed by atoms with E-state index in [-0.39, 0.29) is 0 Å². The standard InChI is InChI=1S/C17H17N5/c1-2-6-15-14(5-1)16(22-11-3-4-12-22)21-17(20-15)19-13-7-9-18-10-8-13/h1-2,5-10H,3-4,11-12H2,(H,18,19,20,21). The lowest BCUT2D eigenvalue weighted by Gasteiger charge is -2.19. The van der Waals surface area contributed by atoms with Gasteiger partial charge in [-0.25, -0.2) is 4.98 Å². The molecule has 1 fully saturated rings. The Kier molecular flexibility index (Phi) is 3.31. The van der Waals surface area contributed by atoms with Crippen molar-refractivity contribution in [2.45, 2.75) is 12.8 Å². The first kappa shape index (κ1) is 13.0. The monoisotopic (exact) mass is 291 g/mol. The quantitative estimate of drug-likeness (QED) is 0.802. The van der Waals surface area contributed by atoms with Crippen molar-refractivity contribution in [2.24, 2.45) is 0 Å². The van der Waals surface area contributed by atoms with Gasteiger partial charge in [-0.1, -0.05) is 12.1 Å². The van der Waals surface area contributed by atoms with Crippen molar-refractivity contribution < 1.29 is 0 Å². The van der Waals surface area contributed by atoms with E-state index in [2.05, 4.69) is 26.3 Å². The second kappa shape index (κ2) is 5.60. The first-order valence-corrected chi connectivity index (χ1v) is 7.59. The van der Waals surface area contributed by atoms with Gasteiger partial charge in [0.15, 0.2) is 0 Å². The van der Waals surface area contributed by atoms with E-state index in [0.717, 1.165) is 35.5 Å². The number of nitrogens with one attached hydrogen (secondary N) is 1. The minimum Gasteiger partial charge on any atom is -0.356 e. The summed E-state index contributed by atoms with van der Waals surface area (Å²) in [6.07, 6.45) is 5.96. The number of para-hydroxylation sites is 1. The van der Waals surface area contributed by atoms with Crippen LogP contribution in [0.15, 0.2) is 48.8 Å². The van der Waals surface area contributed by atoms with E-state index < -0.39 is 0 Å². The molecule has 5 nitrogen and oxygen atoms in total. The largest absolute Gasteiger partial charge is 0.356 e. The fourth-order valence-electron chi connectivity index (χ4n) is 2.85. The summed E-state index contributed by atoms with van der Waals surface area (Å²) in [7, 11) is 0. The molecule has 1 aliphatic heterocycles. The summed E-state index contributed by atoms with van der Waals surface area (Å²) in [5.41, 5.74) is 1.91. The van der Waals surface area contributed by atoms with Crippen LogP contribution in [0.5, 0.6) is 0 Å². The molecule has 2 aromatic heterocycles. The van der Waals surface area contributed by atoms with Crippen LogP contribution in [0.1, 0.15) is 12.8 Å². The van der Waals surface area contributed by atoms with Crippen molar-refractivity contribution in [3.8, 4) is 0 Å². The Bertz CT molecular complexity index is 781. The van der Waals surface area contributed by atoms with Crippen LogP contribution in [0.3, 0.4) is 0 Å². The van der Waals surface area contributed by atoms with Crippen molar-refractivity contribution in [1.82, 2.24) is 15.0 Å². The van der Waals surface area contributed by atoms with E-state index >= 15 is 0 Å². The van der Waals surface area contributed by atoms with Gasteiger partial charge in [-0.2, -0.15) is 4.98 Å². The lowest BCUT2D eigenvalue weighted by Crippen LogP contribution is -2.20. The van der Waals surface area contributed by atoms with Gasteiger partial charge in [-0.3, -0.25) is 4.98 Å². The number of rotatable bonds is 3. The van der Waals surface area contributed by atoms with Gasteiger partial charge in [0, 0.05) is 36.6 Å². The molecule has 1 aromatic carbocycles. The lowest BCUT2D eigenvalue weighted by molar-refractivity contribution is 0.941. The summed E-state index contributed by atoms with van der Waals surface area (Å²) >= 11 is 0. The summed E-state index contributed by atoms with van der Waals surface area (Å²) in [6.45, 7) is 2.13. The molecule has 0 saturated carbocycles. The van der Waals surface area contributed by atoms with Gasteiger partial charge >= 0.3 is 0 Å². The van der Waals surface area contributed by atoms with Gasteiger partial charge < -0.3 is 10.2 Å². The number of nitrogens with zero attached hydrogens (tertiary/aromatic N) is 4. The van der Waals surface area contributed by atoms with Gasteiger partial charge in [-0.15, -0.1) is 0 Å². The zero-order chi connectivity index (χ0) is 14.8. The van der Waals surface area contributed by atoms with Gasteiger partial charge in [0.2, 0.25) is 5.95 Å². The minimum atomic E-state index is 0.631. The van der Waals surface area contributed by atoms with E-state index in [4.69, 9.17) is 4.98 Å². The molecule has 22 heavy (non-hydrogen) atoms. The molecule has 1 aliphatic rings. The van der Waals surface area contributed by atoms with Crippen LogP contribution < -0.4 is 10.2 Å². The Balaban J connectivity index is 1.79. The Morgan fingerprint density at radius 2 is 1.68 bits per heavy atom. The lowest BCUT2D eigenvalue weighted by atomic mass is 10.2. The normalized spacial score (nSPS) is 14.5. The molecular weight excluding hydrogens is 274 g/mol. The van der Waals surface area contributed by atoms with Crippen molar-refractivity contribution in [3.05, 3.63) is 48.8 Å². The van der Waals surface area contributed by atoms with Crippen molar-refractivity contribution in [3.63, 3.8) is 0 Å². The SMILES string of the molecule is c1ccc2c(N3CCCC3)nc(Nc3ccncc3)nc2c1. The second-order valence-electron chi connectivity index (χ2n) is 5.44. The molecular formula is C17H17N5. The van der Waals surface area contributed by atoms with Crippen molar-refractivity contribution >= 4 is 28.4 Å². The molecule has 0 aliphatic carbocycles. The highest BCUT2D eigenvalue weighted by molar-refractivity contribution is 5.90. The zero-order valence-electron chi connectivity index (χ0n) is 12.2. The van der Waals surface area contributed by atoms with E-state index in [9.17, 15) is 0 Å². The Morgan fingerprint density at radius 1 is 0.909 bits per heavy atom. The maximum absolute atomic E-state index is 4.76. The molecule has 0 radical (unpaired) electrons. The third kappa shape index (κ3) is 2.45. The average molecular weight is 291 g/mol. The Labute approximate surface area is 129 Å². The highest BCUT2D eigenvalue weighted by Crippen LogP contribution is 2.28. The second-order valence-corrected chi connectivity index (χ2v) is 5.44. The molecule has 0 unspecified atom stereocenters. The van der Waals surface area contributed by atoms with E-state index in [0.29, 0.717) is 5.95 Å². The fourth-order valence-corrected chi connectivity index (χ4v) is 2.85. The highest BCUT2D eigenvalue weighted by Gasteiger charge is 2.18. The van der Waals surface area contributed by atoms with E-state index in [1.807, 2.05) is 30.3 Å². The number of aromatic nitrogens is 3. The van der Waals surface area contributed by atoms with Gasteiger partial charge in [0.05, 0.1) is 5.52 Å². The molecule has 0 spiro atoms. The third-order valence-electron chi connectivity index (χ3n) is 3.93. The van der Waals surface area contributed by atoms with Crippen LogP contribution in [0.4, 0.5) is 17.5 Å². The maximum Gasteiger partial charge on any atom is 0.229 e. The molecule has 1 saturated heterocycles. The number of fused-ring (bicyclic) bond motifs is 1. The van der Waals surface area contributed by atoms with E-state index in [1.54, 1.807) is 12.4 Å². The van der Waals surface area contributed by atoms with Gasteiger partial charge in [0.25, 0.3) is 0 Å². The number of hydrogen-bond donors (Lipinski definition) is 1. The molecule has 4 rings (SSSR count). The molecule has 0 bridgehead atoms. The molecule has 3 aromatic rings. The van der Waals surface area contributed by atoms with Crippen LogP contribution in [0.2, 0.25) is 0 Å². The first-order valence-electron chi connectivity index (χ1n) is 7.59. The molecule has 3 heterocycles. The Morgan fingerprint density at radius 3 is 2.50 bits per heavy atom. The fraction of sp³-hybridized carbons (Fsp3) is 0.235. The third-order valence-corrected chi connectivity index (χ3v) is 3.93. The van der Waals surface area contributed by atoms with Crippen LogP contribution >= 0.6 is 0 Å². The number of benzene rings is 1. The summed E-state index contributed by atoms with van der Waals surface area (Å²) in [5.74, 6) is 1.66. The van der Waals surface area contributed by atoms with Crippen molar-refractivity contribution in [1.29, 1.82) is 0 Å². The molecule has 0 amide bonds. The van der Waals surface area contributed by atoms with Gasteiger partial charge in [-0.05, 0) is 37.1 Å². The highest BCUT2D eigenvalue weighted by atomic mass is 15.2. The number of pyridine rings is 1. The van der Waals surface area contributed by atoms with Crippen LogP contribution in [0, 0.1) is 0 Å². The van der Waals surface area contributed by atoms with E-state index in [1.165, 1.54) is 12.8 Å².